The Labute approximate surface area is 85.0 Å². The minimum absolute atomic E-state index is 0.144. The summed E-state index contributed by atoms with van der Waals surface area (Å²) in [4.78, 5) is 31.8. The van der Waals surface area contributed by atoms with Crippen molar-refractivity contribution >= 4 is 34.4 Å². The summed E-state index contributed by atoms with van der Waals surface area (Å²) in [6, 6.07) is 0. The van der Waals surface area contributed by atoms with Crippen molar-refractivity contribution in [1.82, 2.24) is 8.83 Å². The molecule has 1 heterocycles. The van der Waals surface area contributed by atoms with E-state index in [0.29, 0.717) is 12.8 Å². The Balaban J connectivity index is 0.000000252. The van der Waals surface area contributed by atoms with E-state index in [9.17, 15) is 14.4 Å². The summed E-state index contributed by atoms with van der Waals surface area (Å²) in [5.41, 5.74) is 0. The molecule has 1 aliphatic rings. The highest BCUT2D eigenvalue weighted by atomic mass is 79.9. The van der Waals surface area contributed by atoms with E-state index >= 15 is 0 Å². The molecule has 0 saturated carbocycles. The van der Waals surface area contributed by atoms with E-state index in [2.05, 4.69) is 16.1 Å². The summed E-state index contributed by atoms with van der Waals surface area (Å²) in [6.07, 6.45) is 1.45. The zero-order valence-corrected chi connectivity index (χ0v) is 9.07. The van der Waals surface area contributed by atoms with E-state index in [-0.39, 0.29) is 11.8 Å². The Morgan fingerprint density at radius 3 is 1.69 bits per heavy atom. The van der Waals surface area contributed by atoms with Gasteiger partial charge in [-0.25, -0.2) is 3.93 Å². The fraction of sp³-hybridized carbons (Fsp3) is 0.571. The molecule has 0 aliphatic carbocycles. The number of hydrogen-bond donors (Lipinski definition) is 0. The van der Waals surface area contributed by atoms with Crippen molar-refractivity contribution in [2.45, 2.75) is 12.8 Å². The third-order valence-electron chi connectivity index (χ3n) is 1.20. The maximum atomic E-state index is 10.4. The average Bonchev–Trinajstić information content (AvgIpc) is 2.37. The van der Waals surface area contributed by atoms with E-state index in [4.69, 9.17) is 0 Å². The Morgan fingerprint density at radius 1 is 1.31 bits per heavy atom. The largest absolute Gasteiger partial charge is 0.351 e. The molecule has 0 atom stereocenters. The van der Waals surface area contributed by atoms with Crippen LogP contribution in [0.5, 0.6) is 0 Å². The Hall–Kier alpha value is -0.910. The second-order valence-electron chi connectivity index (χ2n) is 2.64. The highest BCUT2D eigenvalue weighted by molar-refractivity contribution is 9.08. The summed E-state index contributed by atoms with van der Waals surface area (Å²) < 4.78 is 0.979. The summed E-state index contributed by atoms with van der Waals surface area (Å²) in [5.74, 6) is -0.287. The molecule has 0 aromatic heterocycles. The monoisotopic (exact) mass is 250 g/mol. The van der Waals surface area contributed by atoms with Crippen LogP contribution in [0.3, 0.4) is 0 Å². The van der Waals surface area contributed by atoms with Gasteiger partial charge in [0.25, 0.3) is 0 Å². The molecule has 1 rings (SSSR count). The van der Waals surface area contributed by atoms with E-state index in [1.54, 1.807) is 14.1 Å². The molecule has 0 radical (unpaired) electrons. The summed E-state index contributed by atoms with van der Waals surface area (Å²) >= 11 is 2.80. The van der Waals surface area contributed by atoms with Gasteiger partial charge >= 0.3 is 0 Å². The van der Waals surface area contributed by atoms with Gasteiger partial charge in [0.1, 0.15) is 0 Å². The molecule has 0 aromatic rings. The molecule has 0 unspecified atom stereocenters. The Bertz CT molecular complexity index is 202. The van der Waals surface area contributed by atoms with Gasteiger partial charge in [-0.3, -0.25) is 14.4 Å². The van der Waals surface area contributed by atoms with Crippen molar-refractivity contribution in [2.75, 3.05) is 14.1 Å². The lowest BCUT2D eigenvalue weighted by Gasteiger charge is -1.97. The standard InChI is InChI=1S/C4H4BrNO2.C3H7NO/c5-6-3(7)1-2-4(6)8;1-4(2)3-5/h1-2H2;3H,1-2H3. The first-order valence-corrected chi connectivity index (χ1v) is 4.33. The molecule has 1 aliphatic heterocycles. The van der Waals surface area contributed by atoms with Crippen molar-refractivity contribution < 1.29 is 14.4 Å². The van der Waals surface area contributed by atoms with Crippen molar-refractivity contribution in [3.8, 4) is 0 Å². The molecule has 0 bridgehead atoms. The normalized spacial score (nSPS) is 15.2. The molecular weight excluding hydrogens is 240 g/mol. The van der Waals surface area contributed by atoms with E-state index < -0.39 is 0 Å². The minimum Gasteiger partial charge on any atom is -0.351 e. The third kappa shape index (κ3) is 4.62. The second kappa shape index (κ2) is 5.69. The number of halogens is 1. The van der Waals surface area contributed by atoms with Crippen LogP contribution in [0.15, 0.2) is 0 Å². The molecule has 74 valence electrons. The van der Waals surface area contributed by atoms with Gasteiger partial charge < -0.3 is 4.90 Å². The highest BCUT2D eigenvalue weighted by Crippen LogP contribution is 2.14. The molecule has 3 amide bonds. The van der Waals surface area contributed by atoms with Gasteiger partial charge in [-0.2, -0.15) is 0 Å². The third-order valence-corrected chi connectivity index (χ3v) is 1.99. The van der Waals surface area contributed by atoms with Gasteiger partial charge in [-0.15, -0.1) is 0 Å². The van der Waals surface area contributed by atoms with Gasteiger partial charge in [0.2, 0.25) is 18.2 Å². The number of imide groups is 1. The molecule has 0 spiro atoms. The van der Waals surface area contributed by atoms with Crippen LogP contribution in [0.25, 0.3) is 0 Å². The number of carbonyl (C=O) groups is 3. The summed E-state index contributed by atoms with van der Waals surface area (Å²) in [5, 5.41) is 0. The fourth-order valence-electron chi connectivity index (χ4n) is 0.549. The molecule has 5 nitrogen and oxygen atoms in total. The first-order chi connectivity index (χ1) is 5.99. The van der Waals surface area contributed by atoms with Crippen molar-refractivity contribution in [3.63, 3.8) is 0 Å². The van der Waals surface area contributed by atoms with Gasteiger partial charge in [0.15, 0.2) is 0 Å². The van der Waals surface area contributed by atoms with Crippen LogP contribution in [-0.4, -0.2) is 41.1 Å². The van der Waals surface area contributed by atoms with Crippen LogP contribution in [0.1, 0.15) is 12.8 Å². The Kier molecular flexibility index (Phi) is 5.29. The van der Waals surface area contributed by atoms with E-state index in [1.807, 2.05) is 0 Å². The first-order valence-electron chi connectivity index (χ1n) is 3.62. The van der Waals surface area contributed by atoms with Crippen LogP contribution >= 0.6 is 16.1 Å². The SMILES string of the molecule is CN(C)C=O.O=C1CCC(=O)N1Br. The number of amides is 3. The predicted octanol–water partition coefficient (Wildman–Crippen LogP) is 0.150. The van der Waals surface area contributed by atoms with E-state index in [0.717, 1.165) is 10.3 Å². The van der Waals surface area contributed by atoms with E-state index in [1.165, 1.54) is 4.90 Å². The molecule has 0 N–H and O–H groups in total. The van der Waals surface area contributed by atoms with Crippen molar-refractivity contribution in [3.05, 3.63) is 0 Å². The molecule has 1 fully saturated rings. The predicted molar refractivity (Wildman–Crippen MR) is 49.8 cm³/mol. The fourth-order valence-corrected chi connectivity index (χ4v) is 0.904. The lowest BCUT2D eigenvalue weighted by Crippen LogP contribution is -2.16. The maximum Gasteiger partial charge on any atom is 0.239 e. The molecule has 13 heavy (non-hydrogen) atoms. The maximum absolute atomic E-state index is 10.4. The smallest absolute Gasteiger partial charge is 0.239 e. The van der Waals surface area contributed by atoms with Crippen molar-refractivity contribution in [2.24, 2.45) is 0 Å². The number of rotatable bonds is 1. The quantitative estimate of drug-likeness (QED) is 0.378. The number of carbonyl (C=O) groups excluding carboxylic acids is 3. The zero-order valence-electron chi connectivity index (χ0n) is 7.49. The molecule has 1 saturated heterocycles. The Morgan fingerprint density at radius 2 is 1.62 bits per heavy atom. The first kappa shape index (κ1) is 12.1. The lowest BCUT2D eigenvalue weighted by molar-refractivity contribution is -0.131. The molecular formula is C7H11BrN2O3. The highest BCUT2D eigenvalue weighted by Gasteiger charge is 2.26. The van der Waals surface area contributed by atoms with Crippen LogP contribution in [0, 0.1) is 0 Å². The van der Waals surface area contributed by atoms with Gasteiger partial charge in [0, 0.05) is 26.9 Å². The van der Waals surface area contributed by atoms with Gasteiger partial charge in [0.05, 0.1) is 16.1 Å². The second-order valence-corrected chi connectivity index (χ2v) is 3.35. The number of nitrogens with zero attached hydrogens (tertiary/aromatic N) is 2. The zero-order chi connectivity index (χ0) is 10.4. The van der Waals surface area contributed by atoms with Crippen LogP contribution < -0.4 is 0 Å². The van der Waals surface area contributed by atoms with Gasteiger partial charge in [-0.05, 0) is 0 Å². The van der Waals surface area contributed by atoms with Crippen molar-refractivity contribution in [1.29, 1.82) is 0 Å². The van der Waals surface area contributed by atoms with Crippen LogP contribution in [0.4, 0.5) is 0 Å². The van der Waals surface area contributed by atoms with Gasteiger partial charge in [-0.1, -0.05) is 0 Å². The van der Waals surface area contributed by atoms with Crippen LogP contribution in [0.2, 0.25) is 0 Å². The summed E-state index contributed by atoms with van der Waals surface area (Å²) in [7, 11) is 3.38. The summed E-state index contributed by atoms with van der Waals surface area (Å²) in [6.45, 7) is 0. The molecule has 0 aromatic carbocycles. The molecule has 6 heteroatoms. The number of hydrogen-bond acceptors (Lipinski definition) is 3. The lowest BCUT2D eigenvalue weighted by atomic mass is 10.4. The topological polar surface area (TPSA) is 57.7 Å². The van der Waals surface area contributed by atoms with Crippen LogP contribution in [-0.2, 0) is 14.4 Å². The average molecular weight is 251 g/mol. The minimum atomic E-state index is -0.144.